The summed E-state index contributed by atoms with van der Waals surface area (Å²) in [4.78, 5) is 0. The lowest BCUT2D eigenvalue weighted by molar-refractivity contribution is 0.432. The summed E-state index contributed by atoms with van der Waals surface area (Å²) in [6.45, 7) is 4.09. The van der Waals surface area contributed by atoms with Crippen LogP contribution in [0.25, 0.3) is 0 Å². The maximum atomic E-state index is 10.7. The van der Waals surface area contributed by atoms with Gasteiger partial charge in [0.05, 0.1) is 0 Å². The van der Waals surface area contributed by atoms with E-state index in [1.807, 2.05) is 19.1 Å². The third-order valence-electron chi connectivity index (χ3n) is 2.42. The molecule has 3 nitrogen and oxygen atoms in total. The van der Waals surface area contributed by atoms with Crippen LogP contribution in [0.5, 0.6) is 0 Å². The van der Waals surface area contributed by atoms with Crippen LogP contribution in [0, 0.1) is 0 Å². The summed E-state index contributed by atoms with van der Waals surface area (Å²) in [7, 11) is -3.39. The van der Waals surface area contributed by atoms with Gasteiger partial charge in [-0.25, -0.2) is 0 Å². The minimum atomic E-state index is -3.95. The Hall–Kier alpha value is -0.490. The Morgan fingerprint density at radius 1 is 1.31 bits per heavy atom. The molecule has 1 N–H and O–H groups in total. The highest BCUT2D eigenvalue weighted by Gasteiger charge is 2.09. The molecule has 0 aliphatic rings. The van der Waals surface area contributed by atoms with Gasteiger partial charge in [-0.05, 0) is 24.0 Å². The molecule has 1 aromatic rings. The molecule has 0 amide bonds. The van der Waals surface area contributed by atoms with Crippen LogP contribution in [-0.4, -0.2) is 13.3 Å². The fourth-order valence-corrected chi connectivity index (χ4v) is 2.89. The van der Waals surface area contributed by atoms with E-state index in [4.69, 9.17) is 4.55 Å². The van der Waals surface area contributed by atoms with Crippen molar-refractivity contribution in [2.45, 2.75) is 32.4 Å². The fraction of sp³-hybridized carbons (Fsp3) is 0.455. The van der Waals surface area contributed by atoms with Crippen LogP contribution in [0.3, 0.4) is 0 Å². The SMILES string of the molecule is CCc1ccc(CC)c(C[S+]=S(=O)([O-])O)c1. The van der Waals surface area contributed by atoms with E-state index in [9.17, 15) is 8.76 Å². The summed E-state index contributed by atoms with van der Waals surface area (Å²) in [5, 5.41) is 0. The van der Waals surface area contributed by atoms with Crippen LogP contribution in [0.15, 0.2) is 18.2 Å². The van der Waals surface area contributed by atoms with Crippen LogP contribution < -0.4 is 0 Å². The van der Waals surface area contributed by atoms with Gasteiger partial charge in [0.1, 0.15) is 0 Å². The van der Waals surface area contributed by atoms with Crippen molar-refractivity contribution in [2.24, 2.45) is 0 Å². The van der Waals surface area contributed by atoms with Crippen molar-refractivity contribution in [3.63, 3.8) is 0 Å². The van der Waals surface area contributed by atoms with Gasteiger partial charge in [-0.15, -0.1) is 0 Å². The molecular formula is C11H16O3S2. The highest BCUT2D eigenvalue weighted by Crippen LogP contribution is 2.14. The summed E-state index contributed by atoms with van der Waals surface area (Å²) in [6, 6.07) is 6.09. The summed E-state index contributed by atoms with van der Waals surface area (Å²) >= 11 is 0. The molecule has 0 heterocycles. The van der Waals surface area contributed by atoms with Crippen LogP contribution in [0.4, 0.5) is 0 Å². The molecule has 1 unspecified atom stereocenters. The second-order valence-electron chi connectivity index (χ2n) is 3.50. The lowest BCUT2D eigenvalue weighted by atomic mass is 10.0. The van der Waals surface area contributed by atoms with Crippen molar-refractivity contribution in [1.82, 2.24) is 0 Å². The van der Waals surface area contributed by atoms with Crippen molar-refractivity contribution in [2.75, 3.05) is 0 Å². The van der Waals surface area contributed by atoms with Gasteiger partial charge in [-0.3, -0.25) is 4.55 Å². The van der Waals surface area contributed by atoms with Gasteiger partial charge in [-0.2, -0.15) is 4.21 Å². The number of aryl methyl sites for hydroxylation is 2. The molecule has 0 fully saturated rings. The average molecular weight is 260 g/mol. The van der Waals surface area contributed by atoms with E-state index in [-0.39, 0.29) is 0 Å². The van der Waals surface area contributed by atoms with Crippen LogP contribution in [0.1, 0.15) is 30.5 Å². The van der Waals surface area contributed by atoms with E-state index < -0.39 is 9.05 Å². The molecule has 0 spiro atoms. The van der Waals surface area contributed by atoms with Gasteiger partial charge >= 0.3 is 0 Å². The second-order valence-corrected chi connectivity index (χ2v) is 6.85. The Morgan fingerprint density at radius 3 is 2.50 bits per heavy atom. The third kappa shape index (κ3) is 4.17. The third-order valence-corrected chi connectivity index (χ3v) is 4.40. The van der Waals surface area contributed by atoms with Crippen molar-refractivity contribution in [3.8, 4) is 0 Å². The molecule has 0 bridgehead atoms. The van der Waals surface area contributed by atoms with Gasteiger partial charge < -0.3 is 4.55 Å². The van der Waals surface area contributed by atoms with Gasteiger partial charge in [0.25, 0.3) is 19.4 Å². The predicted octanol–water partition coefficient (Wildman–Crippen LogP) is 2.20. The largest absolute Gasteiger partial charge is 0.712 e. The zero-order valence-electron chi connectivity index (χ0n) is 9.43. The predicted molar refractivity (Wildman–Crippen MR) is 67.8 cm³/mol. The lowest BCUT2D eigenvalue weighted by Crippen LogP contribution is -2.00. The Morgan fingerprint density at radius 2 is 2.00 bits per heavy atom. The van der Waals surface area contributed by atoms with Gasteiger partial charge in [0.15, 0.2) is 0 Å². The summed E-state index contributed by atoms with van der Waals surface area (Å²) in [6.07, 6.45) is 1.79. The molecule has 1 aromatic carbocycles. The van der Waals surface area contributed by atoms with E-state index in [1.54, 1.807) is 0 Å². The molecule has 0 saturated heterocycles. The van der Waals surface area contributed by atoms with E-state index in [0.29, 0.717) is 16.1 Å². The first-order chi connectivity index (χ1) is 7.46. The van der Waals surface area contributed by atoms with Crippen LogP contribution in [-0.2, 0) is 38.0 Å². The smallest absolute Gasteiger partial charge is 0.257 e. The first-order valence-corrected chi connectivity index (χ1v) is 8.13. The molecule has 0 aromatic heterocycles. The first-order valence-electron chi connectivity index (χ1n) is 5.18. The van der Waals surface area contributed by atoms with Crippen molar-refractivity contribution >= 4 is 19.4 Å². The number of rotatable bonds is 4. The molecule has 1 rings (SSSR count). The van der Waals surface area contributed by atoms with Gasteiger partial charge in [0, 0.05) is 5.56 Å². The monoisotopic (exact) mass is 260 g/mol. The summed E-state index contributed by atoms with van der Waals surface area (Å²) in [5.74, 6) is 0.301. The number of hydrogen-bond acceptors (Lipinski definition) is 2. The molecular weight excluding hydrogens is 244 g/mol. The Labute approximate surface area is 100 Å². The molecule has 16 heavy (non-hydrogen) atoms. The zero-order valence-corrected chi connectivity index (χ0v) is 11.1. The maximum Gasteiger partial charge on any atom is 0.257 e. The van der Waals surface area contributed by atoms with E-state index in [1.165, 1.54) is 5.56 Å². The van der Waals surface area contributed by atoms with E-state index in [0.717, 1.165) is 24.0 Å². The van der Waals surface area contributed by atoms with Crippen LogP contribution in [0.2, 0.25) is 0 Å². The summed E-state index contributed by atoms with van der Waals surface area (Å²) in [5.41, 5.74) is 3.31. The molecule has 0 radical (unpaired) electrons. The van der Waals surface area contributed by atoms with Gasteiger partial charge in [-0.1, -0.05) is 32.0 Å². The normalized spacial score (nSPS) is 14.5. The van der Waals surface area contributed by atoms with Crippen LogP contribution >= 0.6 is 0 Å². The van der Waals surface area contributed by atoms with Gasteiger partial charge in [0.2, 0.25) is 5.75 Å². The highest BCUT2D eigenvalue weighted by molar-refractivity contribution is 8.33. The molecule has 0 saturated carbocycles. The maximum absolute atomic E-state index is 10.7. The van der Waals surface area contributed by atoms with E-state index in [2.05, 4.69) is 13.0 Å². The molecule has 5 heteroatoms. The minimum absolute atomic E-state index is 0.301. The minimum Gasteiger partial charge on any atom is -0.712 e. The summed E-state index contributed by atoms with van der Waals surface area (Å²) < 4.78 is 30.1. The zero-order chi connectivity index (χ0) is 12.2. The van der Waals surface area contributed by atoms with Crippen molar-refractivity contribution < 1.29 is 13.3 Å². The molecule has 0 aliphatic heterocycles. The quantitative estimate of drug-likeness (QED) is 0.844. The molecule has 0 aliphatic carbocycles. The first kappa shape index (κ1) is 13.6. The molecule has 1 atom stereocenters. The van der Waals surface area contributed by atoms with E-state index >= 15 is 0 Å². The van der Waals surface area contributed by atoms with Crippen molar-refractivity contribution in [1.29, 1.82) is 0 Å². The fourth-order valence-electron chi connectivity index (χ4n) is 1.52. The highest BCUT2D eigenvalue weighted by atomic mass is 32.9. The standard InChI is InChI=1S/C11H16O3S2/c1-3-9-5-6-10(4-2)11(7-9)8-15-16(12,13)14/h5-7H,3-4,8H2,1-2H3,(H-,12,13,14). The molecule has 90 valence electrons. The topological polar surface area (TPSA) is 60.4 Å². The number of benzene rings is 1. The Kier molecular flexibility index (Phi) is 4.86. The van der Waals surface area contributed by atoms with Crippen molar-refractivity contribution in [3.05, 3.63) is 34.9 Å². The lowest BCUT2D eigenvalue weighted by Gasteiger charge is -2.04. The Bertz CT molecular complexity index is 466. The second kappa shape index (κ2) is 5.72. The number of hydrogen-bond donors (Lipinski definition) is 1. The average Bonchev–Trinajstić information content (AvgIpc) is 2.25. The Balaban J connectivity index is 3.05.